The summed E-state index contributed by atoms with van der Waals surface area (Å²) < 4.78 is 15.0. The molecule has 0 unspecified atom stereocenters. The van der Waals surface area contributed by atoms with Crippen molar-refractivity contribution in [1.82, 2.24) is 19.9 Å². The van der Waals surface area contributed by atoms with Gasteiger partial charge in [0.05, 0.1) is 6.20 Å². The highest BCUT2D eigenvalue weighted by Crippen LogP contribution is 2.36. The highest BCUT2D eigenvalue weighted by molar-refractivity contribution is 7.22. The van der Waals surface area contributed by atoms with Crippen molar-refractivity contribution in [1.29, 1.82) is 5.41 Å². The molecule has 0 spiro atoms. The van der Waals surface area contributed by atoms with Crippen molar-refractivity contribution >= 4 is 50.0 Å². The molecule has 1 aliphatic rings. The number of hydrogen-bond donors (Lipinski definition) is 3. The Morgan fingerprint density at radius 3 is 2.96 bits per heavy atom. The zero-order valence-electron chi connectivity index (χ0n) is 15.7. The van der Waals surface area contributed by atoms with Crippen LogP contribution in [0.25, 0.3) is 10.2 Å². The molecule has 0 aliphatic carbocycles. The Bertz CT molecular complexity index is 1030. The molecule has 0 saturated carbocycles. The summed E-state index contributed by atoms with van der Waals surface area (Å²) in [7, 11) is 0. The first-order valence-corrected chi connectivity index (χ1v) is 9.85. The number of nitrogen functional groups attached to an aromatic ring is 1. The molecule has 3 aromatic heterocycles. The van der Waals surface area contributed by atoms with E-state index < -0.39 is 5.82 Å². The van der Waals surface area contributed by atoms with Gasteiger partial charge in [-0.15, -0.1) is 0 Å². The maximum Gasteiger partial charge on any atom is 0.222 e. The predicted octanol–water partition coefficient (Wildman–Crippen LogP) is 3.51. The minimum absolute atomic E-state index is 0.159. The highest BCUT2D eigenvalue weighted by Gasteiger charge is 2.25. The molecule has 0 aromatic carbocycles. The molecule has 10 heteroatoms. The number of nitrogens with two attached hydrogens (primary N) is 1. The number of halogens is 1. The first kappa shape index (κ1) is 18.5. The Morgan fingerprint density at radius 2 is 2.21 bits per heavy atom. The second-order valence-corrected chi connectivity index (χ2v) is 7.95. The van der Waals surface area contributed by atoms with Crippen molar-refractivity contribution in [3.63, 3.8) is 0 Å². The molecule has 3 aromatic rings. The lowest BCUT2D eigenvalue weighted by molar-refractivity contribution is 0.504. The van der Waals surface area contributed by atoms with Crippen LogP contribution in [0.4, 0.5) is 27.1 Å². The molecule has 4 N–H and O–H groups in total. The summed E-state index contributed by atoms with van der Waals surface area (Å²) >= 11 is 1.39. The van der Waals surface area contributed by atoms with E-state index in [2.05, 4.69) is 30.2 Å². The molecule has 0 radical (unpaired) electrons. The number of nitrogens with zero attached hydrogens (tertiary/aromatic N) is 5. The second kappa shape index (κ2) is 7.27. The van der Waals surface area contributed by atoms with E-state index in [9.17, 15) is 4.39 Å². The van der Waals surface area contributed by atoms with Gasteiger partial charge < -0.3 is 21.4 Å². The van der Waals surface area contributed by atoms with Crippen LogP contribution in [-0.2, 0) is 0 Å². The fraction of sp³-hybridized carbons (Fsp3) is 0.389. The molecule has 28 heavy (non-hydrogen) atoms. The van der Waals surface area contributed by atoms with Crippen molar-refractivity contribution in [2.45, 2.75) is 26.7 Å². The van der Waals surface area contributed by atoms with Gasteiger partial charge in [-0.1, -0.05) is 11.3 Å². The predicted molar refractivity (Wildman–Crippen MR) is 110 cm³/mol. The average Bonchev–Trinajstić information content (AvgIpc) is 3.10. The number of nitrogens with one attached hydrogen (secondary N) is 2. The number of aryl methyl sites for hydroxylation is 1. The number of piperidine rings is 1. The maximum absolute atomic E-state index is 14.4. The Kier molecular flexibility index (Phi) is 4.80. The van der Waals surface area contributed by atoms with Crippen LogP contribution < -0.4 is 16.0 Å². The van der Waals surface area contributed by atoms with E-state index in [4.69, 9.17) is 11.1 Å². The lowest BCUT2D eigenvalue weighted by Gasteiger charge is -2.32. The summed E-state index contributed by atoms with van der Waals surface area (Å²) in [6, 6.07) is 1.75. The minimum Gasteiger partial charge on any atom is -0.368 e. The zero-order valence-corrected chi connectivity index (χ0v) is 16.5. The van der Waals surface area contributed by atoms with Gasteiger partial charge >= 0.3 is 0 Å². The van der Waals surface area contributed by atoms with Crippen LogP contribution in [0.3, 0.4) is 0 Å². The van der Waals surface area contributed by atoms with Crippen molar-refractivity contribution in [3.05, 3.63) is 23.8 Å². The van der Waals surface area contributed by atoms with Crippen LogP contribution in [0.15, 0.2) is 12.3 Å². The van der Waals surface area contributed by atoms with Crippen molar-refractivity contribution in [3.8, 4) is 0 Å². The van der Waals surface area contributed by atoms with Crippen molar-refractivity contribution in [2.24, 2.45) is 5.92 Å². The zero-order chi connectivity index (χ0) is 19.8. The van der Waals surface area contributed by atoms with E-state index in [0.29, 0.717) is 22.0 Å². The third-order valence-electron chi connectivity index (χ3n) is 4.79. The van der Waals surface area contributed by atoms with Gasteiger partial charge in [0, 0.05) is 36.5 Å². The van der Waals surface area contributed by atoms with Crippen molar-refractivity contribution in [2.75, 3.05) is 29.0 Å². The third-order valence-corrected chi connectivity index (χ3v) is 5.91. The van der Waals surface area contributed by atoms with E-state index in [-0.39, 0.29) is 17.4 Å². The van der Waals surface area contributed by atoms with Crippen molar-refractivity contribution < 1.29 is 4.39 Å². The van der Waals surface area contributed by atoms with Crippen LogP contribution >= 0.6 is 11.3 Å². The number of anilines is 4. The maximum atomic E-state index is 14.4. The minimum atomic E-state index is -0.460. The second-order valence-electron chi connectivity index (χ2n) is 6.97. The summed E-state index contributed by atoms with van der Waals surface area (Å²) in [6.07, 6.45) is 3.16. The SMILES string of the molecule is CC(=N)[C@H]1CCCN(c2nc3c(F)cnc(Nc4cc(C)nc(N)n4)c3s2)C1. The number of hydrogen-bond acceptors (Lipinski definition) is 9. The molecule has 0 bridgehead atoms. The summed E-state index contributed by atoms with van der Waals surface area (Å²) in [6.45, 7) is 5.24. The first-order valence-electron chi connectivity index (χ1n) is 9.04. The molecular formula is C18H21FN8S. The van der Waals surface area contributed by atoms with Crippen LogP contribution in [0.1, 0.15) is 25.5 Å². The molecule has 1 aliphatic heterocycles. The normalized spacial score (nSPS) is 17.1. The monoisotopic (exact) mass is 400 g/mol. The molecule has 8 nitrogen and oxygen atoms in total. The molecule has 4 rings (SSSR count). The van der Waals surface area contributed by atoms with Crippen LogP contribution in [0.5, 0.6) is 0 Å². The molecular weight excluding hydrogens is 379 g/mol. The fourth-order valence-corrected chi connectivity index (χ4v) is 4.43. The average molecular weight is 400 g/mol. The fourth-order valence-electron chi connectivity index (χ4n) is 3.38. The van der Waals surface area contributed by atoms with E-state index in [1.165, 1.54) is 11.3 Å². The summed E-state index contributed by atoms with van der Waals surface area (Å²) in [5.74, 6) is 0.894. The number of aromatic nitrogens is 4. The van der Waals surface area contributed by atoms with Gasteiger partial charge in [0.1, 0.15) is 16.0 Å². The summed E-state index contributed by atoms with van der Waals surface area (Å²) in [5.41, 5.74) is 7.40. The highest BCUT2D eigenvalue weighted by atomic mass is 32.1. The summed E-state index contributed by atoms with van der Waals surface area (Å²) in [5, 5.41) is 11.8. The van der Waals surface area contributed by atoms with Gasteiger partial charge in [-0.05, 0) is 26.7 Å². The Labute approximate surface area is 165 Å². The number of rotatable bonds is 4. The van der Waals surface area contributed by atoms with Gasteiger partial charge in [-0.25, -0.2) is 19.3 Å². The number of pyridine rings is 1. The van der Waals surface area contributed by atoms with E-state index in [1.807, 2.05) is 13.8 Å². The summed E-state index contributed by atoms with van der Waals surface area (Å²) in [4.78, 5) is 19.1. The van der Waals surface area contributed by atoms with Gasteiger partial charge in [-0.3, -0.25) is 0 Å². The molecule has 1 atom stereocenters. The topological polar surface area (TPSA) is 117 Å². The van der Waals surface area contributed by atoms with Gasteiger partial charge in [0.2, 0.25) is 5.95 Å². The quantitative estimate of drug-likeness (QED) is 0.574. The smallest absolute Gasteiger partial charge is 0.222 e. The van der Waals surface area contributed by atoms with Gasteiger partial charge in [0.25, 0.3) is 0 Å². The van der Waals surface area contributed by atoms with Gasteiger partial charge in [-0.2, -0.15) is 4.98 Å². The Balaban J connectivity index is 1.69. The molecule has 1 saturated heterocycles. The van der Waals surface area contributed by atoms with Crippen LogP contribution in [0, 0.1) is 24.1 Å². The molecule has 0 amide bonds. The van der Waals surface area contributed by atoms with Crippen LogP contribution in [-0.4, -0.2) is 38.7 Å². The van der Waals surface area contributed by atoms with E-state index in [0.717, 1.165) is 43.0 Å². The lowest BCUT2D eigenvalue weighted by atomic mass is 9.94. The lowest BCUT2D eigenvalue weighted by Crippen LogP contribution is -2.37. The number of fused-ring (bicyclic) bond motifs is 1. The third kappa shape index (κ3) is 3.59. The Morgan fingerprint density at radius 1 is 1.39 bits per heavy atom. The van der Waals surface area contributed by atoms with Crippen LogP contribution in [0.2, 0.25) is 0 Å². The molecule has 4 heterocycles. The van der Waals surface area contributed by atoms with Gasteiger partial charge in [0.15, 0.2) is 16.8 Å². The first-order chi connectivity index (χ1) is 13.4. The Hall–Kier alpha value is -2.88. The molecule has 146 valence electrons. The van der Waals surface area contributed by atoms with E-state index >= 15 is 0 Å². The van der Waals surface area contributed by atoms with E-state index in [1.54, 1.807) is 6.07 Å². The number of thiazole rings is 1. The molecule has 1 fully saturated rings. The standard InChI is InChI=1S/C18H21FN8S/c1-9-6-13(25-17(21)23-9)24-16-15-14(12(19)7-22-16)26-18(28-15)27-5-3-4-11(8-27)10(2)20/h6-7,11,20H,3-5,8H2,1-2H3,(H3,21,22,23,24,25)/t11-/m0/s1. The largest absolute Gasteiger partial charge is 0.368 e.